The van der Waals surface area contributed by atoms with Crippen LogP contribution in [0.5, 0.6) is 0 Å². The van der Waals surface area contributed by atoms with Crippen LogP contribution in [0.15, 0.2) is 152 Å². The normalized spacial score (nSPS) is 12.5. The quantitative estimate of drug-likeness (QED) is 0.201. The van der Waals surface area contributed by atoms with E-state index in [1.807, 2.05) is 12.3 Å². The maximum Gasteiger partial charge on any atom is 0.145 e. The predicted molar refractivity (Wildman–Crippen MR) is 194 cm³/mol. The molecular weight excluding hydrogens is 573 g/mol. The second-order valence-electron chi connectivity index (χ2n) is 12.2. The molecule has 4 heteroatoms. The van der Waals surface area contributed by atoms with Gasteiger partial charge in [-0.2, -0.15) is 0 Å². The fourth-order valence-corrected chi connectivity index (χ4v) is 7.58. The smallest absolute Gasteiger partial charge is 0.145 e. The third-order valence-electron chi connectivity index (χ3n) is 9.53. The van der Waals surface area contributed by atoms with E-state index in [2.05, 4.69) is 155 Å². The van der Waals surface area contributed by atoms with Crippen LogP contribution in [-0.4, -0.2) is 19.1 Å². The summed E-state index contributed by atoms with van der Waals surface area (Å²) in [6.07, 6.45) is 7.35. The topological polar surface area (TPSA) is 35.6 Å². The molecule has 1 aliphatic carbocycles. The van der Waals surface area contributed by atoms with Gasteiger partial charge in [-0.25, -0.2) is 4.98 Å². The molecule has 4 nitrogen and oxygen atoms in total. The van der Waals surface area contributed by atoms with Crippen LogP contribution in [0.1, 0.15) is 11.1 Å². The molecule has 9 aromatic rings. The standard InChI is InChI=1S/C43H28N4/c1-2-15-32(16-3-1)47-39-22-7-5-20-37(39)45-43(47)31-24-30(36-19-8-9-23-44-36)25-33(26-31)46-38-21-6-4-17-34(38)42-35-18-11-13-28-12-10-14-29(41(28)35)27-40(42)46/h1-17,19-27H,18H2. The number of hydrogen-bond acceptors (Lipinski definition) is 2. The average molecular weight is 601 g/mol. The summed E-state index contributed by atoms with van der Waals surface area (Å²) >= 11 is 0. The van der Waals surface area contributed by atoms with Gasteiger partial charge in [0.2, 0.25) is 0 Å². The maximum absolute atomic E-state index is 5.25. The molecular formula is C43H28N4. The molecule has 0 amide bonds. The van der Waals surface area contributed by atoms with Gasteiger partial charge in [-0.05, 0) is 95.1 Å². The molecule has 0 unspecified atom stereocenters. The number of para-hydroxylation sites is 4. The zero-order valence-electron chi connectivity index (χ0n) is 25.5. The highest BCUT2D eigenvalue weighted by atomic mass is 15.1. The molecule has 1 aliphatic rings. The number of benzene rings is 6. The van der Waals surface area contributed by atoms with E-state index in [1.54, 1.807) is 0 Å². The lowest BCUT2D eigenvalue weighted by Gasteiger charge is -2.17. The molecule has 0 saturated carbocycles. The zero-order valence-corrected chi connectivity index (χ0v) is 25.5. The molecule has 0 fully saturated rings. The highest BCUT2D eigenvalue weighted by Crippen LogP contribution is 2.42. The van der Waals surface area contributed by atoms with Crippen LogP contribution in [0, 0.1) is 0 Å². The SMILES string of the molecule is C1=Cc2cccc3cc4c(c(c23)C1)c1ccccc1n4-c1cc(-c2ccccn2)cc(-c2nc3ccccc3n2-c2ccccc2)c1. The monoisotopic (exact) mass is 600 g/mol. The number of hydrogen-bond donors (Lipinski definition) is 0. The predicted octanol–water partition coefficient (Wildman–Crippen LogP) is 10.6. The Hall–Kier alpha value is -6.26. The summed E-state index contributed by atoms with van der Waals surface area (Å²) in [5.41, 5.74) is 12.3. The molecule has 220 valence electrons. The second kappa shape index (κ2) is 10.1. The minimum Gasteiger partial charge on any atom is -0.309 e. The molecule has 0 saturated heterocycles. The van der Waals surface area contributed by atoms with Gasteiger partial charge in [0.25, 0.3) is 0 Å². The van der Waals surface area contributed by atoms with Gasteiger partial charge in [-0.1, -0.05) is 84.9 Å². The van der Waals surface area contributed by atoms with Gasteiger partial charge in [0.1, 0.15) is 5.82 Å². The first-order valence-electron chi connectivity index (χ1n) is 16.1. The summed E-state index contributed by atoms with van der Waals surface area (Å²) in [5.74, 6) is 0.896. The number of pyridine rings is 1. The molecule has 0 atom stereocenters. The molecule has 0 aliphatic heterocycles. The van der Waals surface area contributed by atoms with Gasteiger partial charge >= 0.3 is 0 Å². The van der Waals surface area contributed by atoms with E-state index in [1.165, 1.54) is 43.7 Å². The molecule has 10 rings (SSSR count). The van der Waals surface area contributed by atoms with E-state index in [4.69, 9.17) is 9.97 Å². The first kappa shape index (κ1) is 26.0. The molecule has 47 heavy (non-hydrogen) atoms. The fourth-order valence-electron chi connectivity index (χ4n) is 7.58. The third-order valence-corrected chi connectivity index (χ3v) is 9.53. The van der Waals surface area contributed by atoms with Crippen LogP contribution in [0.4, 0.5) is 0 Å². The van der Waals surface area contributed by atoms with Crippen molar-refractivity contribution in [2.24, 2.45) is 0 Å². The summed E-state index contributed by atoms with van der Waals surface area (Å²) in [7, 11) is 0. The Morgan fingerprint density at radius 2 is 1.36 bits per heavy atom. The highest BCUT2D eigenvalue weighted by Gasteiger charge is 2.22. The van der Waals surface area contributed by atoms with Crippen molar-refractivity contribution in [2.75, 3.05) is 0 Å². The van der Waals surface area contributed by atoms with E-state index < -0.39 is 0 Å². The number of rotatable bonds is 4. The second-order valence-corrected chi connectivity index (χ2v) is 12.2. The zero-order chi connectivity index (χ0) is 30.9. The molecule has 0 spiro atoms. The Kier molecular flexibility index (Phi) is 5.60. The van der Waals surface area contributed by atoms with Crippen LogP contribution in [-0.2, 0) is 6.42 Å². The average Bonchev–Trinajstić information content (AvgIpc) is 3.69. The molecule has 0 bridgehead atoms. The lowest BCUT2D eigenvalue weighted by Crippen LogP contribution is -2.01. The summed E-state index contributed by atoms with van der Waals surface area (Å²) in [4.78, 5) is 10.0. The van der Waals surface area contributed by atoms with Crippen molar-refractivity contribution in [3.05, 3.63) is 163 Å². The van der Waals surface area contributed by atoms with Gasteiger partial charge in [-0.15, -0.1) is 0 Å². The van der Waals surface area contributed by atoms with Gasteiger partial charge in [0, 0.05) is 39.5 Å². The number of allylic oxidation sites excluding steroid dienone is 1. The Balaban J connectivity index is 1.32. The minimum absolute atomic E-state index is 0.896. The first-order chi connectivity index (χ1) is 23.3. The molecule has 3 aromatic heterocycles. The Morgan fingerprint density at radius 3 is 2.26 bits per heavy atom. The summed E-state index contributed by atoms with van der Waals surface area (Å²) < 4.78 is 4.71. The Morgan fingerprint density at radius 1 is 0.553 bits per heavy atom. The molecule has 0 N–H and O–H groups in total. The molecule has 3 heterocycles. The fraction of sp³-hybridized carbons (Fsp3) is 0.0233. The van der Waals surface area contributed by atoms with Crippen molar-refractivity contribution in [1.29, 1.82) is 0 Å². The van der Waals surface area contributed by atoms with E-state index in [0.717, 1.165) is 51.5 Å². The number of fused-ring (bicyclic) bond motifs is 5. The third kappa shape index (κ3) is 3.95. The number of imidazole rings is 1. The van der Waals surface area contributed by atoms with Crippen molar-refractivity contribution in [3.8, 4) is 34.0 Å². The summed E-state index contributed by atoms with van der Waals surface area (Å²) in [5, 5.41) is 5.23. The van der Waals surface area contributed by atoms with Gasteiger partial charge in [0.15, 0.2) is 0 Å². The highest BCUT2D eigenvalue weighted by molar-refractivity contribution is 6.17. The molecule has 0 radical (unpaired) electrons. The van der Waals surface area contributed by atoms with Gasteiger partial charge in [0.05, 0.1) is 27.8 Å². The van der Waals surface area contributed by atoms with Gasteiger partial charge in [-0.3, -0.25) is 9.55 Å². The maximum atomic E-state index is 5.25. The van der Waals surface area contributed by atoms with Crippen molar-refractivity contribution in [3.63, 3.8) is 0 Å². The lowest BCUT2D eigenvalue weighted by molar-refractivity contribution is 1.10. The van der Waals surface area contributed by atoms with E-state index in [0.29, 0.717) is 0 Å². The van der Waals surface area contributed by atoms with E-state index >= 15 is 0 Å². The van der Waals surface area contributed by atoms with Crippen molar-refractivity contribution in [1.82, 2.24) is 19.1 Å². The Labute approximate surface area is 271 Å². The number of aromatic nitrogens is 4. The summed E-state index contributed by atoms with van der Waals surface area (Å²) in [6.45, 7) is 0. The van der Waals surface area contributed by atoms with Crippen LogP contribution in [0.3, 0.4) is 0 Å². The Bertz CT molecular complexity index is 2700. The van der Waals surface area contributed by atoms with Gasteiger partial charge < -0.3 is 4.57 Å². The van der Waals surface area contributed by atoms with E-state index in [-0.39, 0.29) is 0 Å². The van der Waals surface area contributed by atoms with Crippen LogP contribution in [0.2, 0.25) is 0 Å². The van der Waals surface area contributed by atoms with Crippen molar-refractivity contribution >= 4 is 49.7 Å². The minimum atomic E-state index is 0.896. The molecule has 6 aromatic carbocycles. The van der Waals surface area contributed by atoms with Crippen LogP contribution < -0.4 is 0 Å². The van der Waals surface area contributed by atoms with Crippen LogP contribution >= 0.6 is 0 Å². The first-order valence-corrected chi connectivity index (χ1v) is 16.1. The number of nitrogens with zero attached hydrogens (tertiary/aromatic N) is 4. The van der Waals surface area contributed by atoms with Crippen molar-refractivity contribution < 1.29 is 0 Å². The summed E-state index contributed by atoms with van der Waals surface area (Å²) in [6, 6.07) is 49.7. The van der Waals surface area contributed by atoms with Crippen molar-refractivity contribution in [2.45, 2.75) is 6.42 Å². The lowest BCUT2D eigenvalue weighted by atomic mass is 9.90. The largest absolute Gasteiger partial charge is 0.309 e. The van der Waals surface area contributed by atoms with E-state index in [9.17, 15) is 0 Å². The van der Waals surface area contributed by atoms with Crippen LogP contribution in [0.25, 0.3) is 83.7 Å².